The van der Waals surface area contributed by atoms with Crippen LogP contribution >= 0.6 is 0 Å². The Labute approximate surface area is 167 Å². The summed E-state index contributed by atoms with van der Waals surface area (Å²) >= 11 is 0. The summed E-state index contributed by atoms with van der Waals surface area (Å²) in [5.41, 5.74) is 1.17. The van der Waals surface area contributed by atoms with Gasteiger partial charge >= 0.3 is 0 Å². The average molecular weight is 383 g/mol. The van der Waals surface area contributed by atoms with E-state index in [9.17, 15) is 4.79 Å². The third kappa shape index (κ3) is 5.41. The van der Waals surface area contributed by atoms with Gasteiger partial charge in [0.05, 0.1) is 26.4 Å². The topological polar surface area (TPSA) is 56.8 Å². The maximum absolute atomic E-state index is 12.6. The molecule has 1 fully saturated rings. The third-order valence-corrected chi connectivity index (χ3v) is 5.29. The van der Waals surface area contributed by atoms with Crippen molar-refractivity contribution in [3.8, 4) is 17.2 Å². The number of benzene rings is 2. The van der Waals surface area contributed by atoms with Crippen molar-refractivity contribution >= 4 is 11.6 Å². The number of anilines is 1. The van der Waals surface area contributed by atoms with Gasteiger partial charge < -0.3 is 19.5 Å². The number of carbonyl (C=O) groups is 1. The van der Waals surface area contributed by atoms with Crippen LogP contribution in [-0.4, -0.2) is 26.7 Å². The Hall–Kier alpha value is -2.69. The third-order valence-electron chi connectivity index (χ3n) is 5.29. The van der Waals surface area contributed by atoms with Gasteiger partial charge in [-0.05, 0) is 48.7 Å². The van der Waals surface area contributed by atoms with Crippen LogP contribution in [0.3, 0.4) is 0 Å². The number of carbonyl (C=O) groups excluding carboxylic acids is 1. The van der Waals surface area contributed by atoms with Gasteiger partial charge in [-0.15, -0.1) is 0 Å². The summed E-state index contributed by atoms with van der Waals surface area (Å²) < 4.78 is 16.3. The lowest BCUT2D eigenvalue weighted by Crippen LogP contribution is -2.13. The molecule has 0 bridgehead atoms. The van der Waals surface area contributed by atoms with Crippen LogP contribution in [0.25, 0.3) is 0 Å². The molecule has 2 aromatic rings. The van der Waals surface area contributed by atoms with Crippen LogP contribution in [0.4, 0.5) is 5.69 Å². The summed E-state index contributed by atoms with van der Waals surface area (Å²) in [6.45, 7) is 0.749. The van der Waals surface area contributed by atoms with Gasteiger partial charge in [-0.3, -0.25) is 4.79 Å². The highest BCUT2D eigenvalue weighted by molar-refractivity contribution is 6.06. The lowest BCUT2D eigenvalue weighted by molar-refractivity contribution is 0.102. The van der Waals surface area contributed by atoms with Gasteiger partial charge in [-0.25, -0.2) is 0 Å². The first-order valence-electron chi connectivity index (χ1n) is 9.96. The molecule has 0 heterocycles. The van der Waals surface area contributed by atoms with E-state index in [1.807, 2.05) is 24.3 Å². The second-order valence-corrected chi connectivity index (χ2v) is 7.19. The lowest BCUT2D eigenvalue weighted by atomic mass is 9.87. The summed E-state index contributed by atoms with van der Waals surface area (Å²) in [5, 5.41) is 2.89. The highest BCUT2D eigenvalue weighted by Gasteiger charge is 2.14. The minimum absolute atomic E-state index is 0.231. The number of rotatable bonds is 8. The van der Waals surface area contributed by atoms with Gasteiger partial charge in [0.25, 0.3) is 5.91 Å². The van der Waals surface area contributed by atoms with E-state index >= 15 is 0 Å². The molecule has 0 aromatic heterocycles. The number of nitrogens with one attached hydrogen (secondary N) is 1. The van der Waals surface area contributed by atoms with Crippen molar-refractivity contribution in [2.75, 3.05) is 26.1 Å². The molecule has 3 rings (SSSR count). The zero-order valence-electron chi connectivity index (χ0n) is 16.7. The van der Waals surface area contributed by atoms with Gasteiger partial charge in [-0.1, -0.05) is 32.1 Å². The molecular weight excluding hydrogens is 354 g/mol. The summed E-state index contributed by atoms with van der Waals surface area (Å²) in [6.07, 6.45) is 7.89. The summed E-state index contributed by atoms with van der Waals surface area (Å²) in [7, 11) is 3.11. The monoisotopic (exact) mass is 383 g/mol. The van der Waals surface area contributed by atoms with Crippen LogP contribution in [0.15, 0.2) is 42.5 Å². The standard InChI is InChI=1S/C23H29NO4/c1-26-20-12-13-21(22(16-20)27-2)23(25)24-18-8-10-19(11-9-18)28-15-14-17-6-4-3-5-7-17/h8-13,16-17H,3-7,14-15H2,1-2H3,(H,24,25). The molecule has 0 saturated heterocycles. The molecule has 2 aromatic carbocycles. The minimum Gasteiger partial charge on any atom is -0.497 e. The van der Waals surface area contributed by atoms with E-state index in [-0.39, 0.29) is 5.91 Å². The van der Waals surface area contributed by atoms with E-state index in [1.165, 1.54) is 39.2 Å². The molecule has 1 aliphatic carbocycles. The fourth-order valence-corrected chi connectivity index (χ4v) is 3.64. The maximum Gasteiger partial charge on any atom is 0.259 e. The molecular formula is C23H29NO4. The van der Waals surface area contributed by atoms with Crippen LogP contribution in [0.5, 0.6) is 17.2 Å². The van der Waals surface area contributed by atoms with Crippen molar-refractivity contribution in [2.45, 2.75) is 38.5 Å². The number of hydrogen-bond acceptors (Lipinski definition) is 4. The quantitative estimate of drug-likeness (QED) is 0.671. The molecule has 1 amide bonds. The number of methoxy groups -OCH3 is 2. The number of amides is 1. The molecule has 0 aliphatic heterocycles. The molecule has 5 nitrogen and oxygen atoms in total. The van der Waals surface area contributed by atoms with E-state index in [0.717, 1.165) is 24.7 Å². The van der Waals surface area contributed by atoms with Crippen molar-refractivity contribution in [1.29, 1.82) is 0 Å². The molecule has 0 atom stereocenters. The van der Waals surface area contributed by atoms with Crippen molar-refractivity contribution in [2.24, 2.45) is 5.92 Å². The van der Waals surface area contributed by atoms with Crippen molar-refractivity contribution in [1.82, 2.24) is 0 Å². The van der Waals surface area contributed by atoms with Gasteiger partial charge in [0.15, 0.2) is 0 Å². The summed E-state index contributed by atoms with van der Waals surface area (Å²) in [5.74, 6) is 2.52. The molecule has 150 valence electrons. The maximum atomic E-state index is 12.6. The Morgan fingerprint density at radius 1 is 0.964 bits per heavy atom. The van der Waals surface area contributed by atoms with Gasteiger partial charge in [0.1, 0.15) is 17.2 Å². The molecule has 28 heavy (non-hydrogen) atoms. The molecule has 0 unspecified atom stereocenters. The zero-order chi connectivity index (χ0) is 19.8. The van der Waals surface area contributed by atoms with Gasteiger partial charge in [0, 0.05) is 11.8 Å². The van der Waals surface area contributed by atoms with Crippen LogP contribution in [-0.2, 0) is 0 Å². The van der Waals surface area contributed by atoms with Gasteiger partial charge in [0.2, 0.25) is 0 Å². The predicted octanol–water partition coefficient (Wildman–Crippen LogP) is 5.31. The zero-order valence-corrected chi connectivity index (χ0v) is 16.7. The van der Waals surface area contributed by atoms with Crippen LogP contribution < -0.4 is 19.5 Å². The SMILES string of the molecule is COc1ccc(C(=O)Nc2ccc(OCCC3CCCCC3)cc2)c(OC)c1. The summed E-state index contributed by atoms with van der Waals surface area (Å²) in [6, 6.07) is 12.6. The predicted molar refractivity (Wildman–Crippen MR) is 111 cm³/mol. The Balaban J connectivity index is 1.53. The summed E-state index contributed by atoms with van der Waals surface area (Å²) in [4.78, 5) is 12.6. The Bertz CT molecular complexity index is 767. The van der Waals surface area contributed by atoms with Crippen LogP contribution in [0.1, 0.15) is 48.9 Å². The molecule has 1 saturated carbocycles. The number of ether oxygens (including phenoxy) is 3. The molecule has 5 heteroatoms. The fraction of sp³-hybridized carbons (Fsp3) is 0.435. The number of hydrogen-bond donors (Lipinski definition) is 1. The van der Waals surface area contributed by atoms with E-state index in [2.05, 4.69) is 5.32 Å². The highest BCUT2D eigenvalue weighted by atomic mass is 16.5. The average Bonchev–Trinajstić information content (AvgIpc) is 2.75. The van der Waals surface area contributed by atoms with E-state index in [0.29, 0.717) is 22.7 Å². The first-order valence-corrected chi connectivity index (χ1v) is 9.96. The second-order valence-electron chi connectivity index (χ2n) is 7.19. The molecule has 1 aliphatic rings. The second kappa shape index (κ2) is 10.0. The highest BCUT2D eigenvalue weighted by Crippen LogP contribution is 2.27. The Morgan fingerprint density at radius 2 is 1.68 bits per heavy atom. The molecule has 1 N–H and O–H groups in total. The van der Waals surface area contributed by atoms with E-state index < -0.39 is 0 Å². The van der Waals surface area contributed by atoms with Gasteiger partial charge in [-0.2, -0.15) is 0 Å². The van der Waals surface area contributed by atoms with Crippen LogP contribution in [0.2, 0.25) is 0 Å². The van der Waals surface area contributed by atoms with E-state index in [1.54, 1.807) is 25.3 Å². The van der Waals surface area contributed by atoms with Crippen molar-refractivity contribution in [3.63, 3.8) is 0 Å². The largest absolute Gasteiger partial charge is 0.497 e. The Kier molecular flexibility index (Phi) is 7.18. The first kappa shape index (κ1) is 20.1. The molecule has 0 spiro atoms. The van der Waals surface area contributed by atoms with Crippen LogP contribution in [0, 0.1) is 5.92 Å². The first-order chi connectivity index (χ1) is 13.7. The molecule has 0 radical (unpaired) electrons. The normalized spacial score (nSPS) is 14.4. The lowest BCUT2D eigenvalue weighted by Gasteiger charge is -2.21. The Morgan fingerprint density at radius 3 is 2.36 bits per heavy atom. The van der Waals surface area contributed by atoms with E-state index in [4.69, 9.17) is 14.2 Å². The fourth-order valence-electron chi connectivity index (χ4n) is 3.64. The van der Waals surface area contributed by atoms with Crippen molar-refractivity contribution in [3.05, 3.63) is 48.0 Å². The smallest absolute Gasteiger partial charge is 0.259 e. The minimum atomic E-state index is -0.231. The van der Waals surface area contributed by atoms with Crippen molar-refractivity contribution < 1.29 is 19.0 Å².